The van der Waals surface area contributed by atoms with Crippen molar-refractivity contribution in [1.82, 2.24) is 14.7 Å². The lowest BCUT2D eigenvalue weighted by molar-refractivity contribution is -0.158. The first-order valence-corrected chi connectivity index (χ1v) is 14.9. The Morgan fingerprint density at radius 1 is 0.897 bits per heavy atom. The van der Waals surface area contributed by atoms with Crippen LogP contribution in [0.1, 0.15) is 49.1 Å². The fraction of sp³-hybridized carbons (Fsp3) is 0.406. The number of carbonyl (C=O) groups excluding carboxylic acids is 3. The summed E-state index contributed by atoms with van der Waals surface area (Å²) in [5.41, 5.74) is 2.18. The minimum absolute atomic E-state index is 0.000183. The fourth-order valence-corrected chi connectivity index (χ4v) is 6.02. The lowest BCUT2D eigenvalue weighted by Gasteiger charge is -2.41. The van der Waals surface area contributed by atoms with Crippen LogP contribution in [0.2, 0.25) is 0 Å². The van der Waals surface area contributed by atoms with Gasteiger partial charge >= 0.3 is 0 Å². The molecule has 3 aromatic rings. The molecule has 206 valence electrons. The predicted octanol–water partition coefficient (Wildman–Crippen LogP) is 5.18. The molecule has 1 aliphatic heterocycles. The van der Waals surface area contributed by atoms with E-state index in [1.165, 1.54) is 0 Å². The molecule has 1 fully saturated rings. The van der Waals surface area contributed by atoms with Gasteiger partial charge in [0.2, 0.25) is 17.7 Å². The Hall–Kier alpha value is -3.45. The molecule has 3 amide bonds. The molecule has 1 aliphatic rings. The minimum atomic E-state index is -0.790. The van der Waals surface area contributed by atoms with E-state index in [2.05, 4.69) is 13.8 Å². The SMILES string of the molecule is CCC(CC)N(Cc1ccccc1)C(=O)CC1C(=O)N(CCc2ccccc2)CC(=O)N1CCc1cccs1. The van der Waals surface area contributed by atoms with Gasteiger partial charge in [-0.3, -0.25) is 14.4 Å². The molecule has 0 aliphatic carbocycles. The van der Waals surface area contributed by atoms with Gasteiger partial charge in [0.15, 0.2) is 0 Å². The van der Waals surface area contributed by atoms with Gasteiger partial charge in [-0.25, -0.2) is 0 Å². The van der Waals surface area contributed by atoms with Gasteiger partial charge in [0.1, 0.15) is 6.04 Å². The normalized spacial score (nSPS) is 15.7. The molecule has 0 saturated carbocycles. The van der Waals surface area contributed by atoms with Gasteiger partial charge < -0.3 is 14.7 Å². The average molecular weight is 546 g/mol. The molecular weight excluding hydrogens is 506 g/mol. The van der Waals surface area contributed by atoms with Crippen LogP contribution in [-0.4, -0.2) is 64.1 Å². The highest BCUT2D eigenvalue weighted by atomic mass is 32.1. The largest absolute Gasteiger partial charge is 0.335 e. The van der Waals surface area contributed by atoms with Gasteiger partial charge in [-0.2, -0.15) is 0 Å². The maximum atomic E-state index is 13.9. The minimum Gasteiger partial charge on any atom is -0.335 e. The van der Waals surface area contributed by atoms with Gasteiger partial charge in [0.05, 0.1) is 13.0 Å². The first-order chi connectivity index (χ1) is 19.0. The van der Waals surface area contributed by atoms with E-state index in [-0.39, 0.29) is 36.7 Å². The Morgan fingerprint density at radius 2 is 1.56 bits per heavy atom. The molecule has 0 bridgehead atoms. The molecule has 1 unspecified atom stereocenters. The number of hydrogen-bond acceptors (Lipinski definition) is 4. The van der Waals surface area contributed by atoms with Crippen LogP contribution in [0.15, 0.2) is 78.2 Å². The van der Waals surface area contributed by atoms with Crippen molar-refractivity contribution >= 4 is 29.1 Å². The number of rotatable bonds is 13. The molecule has 2 heterocycles. The standard InChI is InChI=1S/C32H39N3O3S/c1-3-27(4-2)35(23-26-14-9-6-10-15-26)30(36)22-29-32(38)33(19-17-25-12-7-5-8-13-25)24-31(37)34(29)20-18-28-16-11-21-39-28/h5-16,21,27,29H,3-4,17-20,22-24H2,1-2H3. The zero-order valence-corrected chi connectivity index (χ0v) is 23.8. The summed E-state index contributed by atoms with van der Waals surface area (Å²) in [4.78, 5) is 47.6. The van der Waals surface area contributed by atoms with Gasteiger partial charge in [0.25, 0.3) is 0 Å². The third kappa shape index (κ3) is 7.57. The van der Waals surface area contributed by atoms with Crippen LogP contribution >= 0.6 is 11.3 Å². The van der Waals surface area contributed by atoms with Crippen LogP contribution in [0.25, 0.3) is 0 Å². The lowest BCUT2D eigenvalue weighted by Crippen LogP contribution is -2.61. The Balaban J connectivity index is 1.55. The number of amides is 3. The monoisotopic (exact) mass is 545 g/mol. The molecular formula is C32H39N3O3S. The Labute approximate surface area is 236 Å². The van der Waals surface area contributed by atoms with Gasteiger partial charge in [0, 0.05) is 30.6 Å². The maximum Gasteiger partial charge on any atom is 0.246 e. The summed E-state index contributed by atoms with van der Waals surface area (Å²) in [6, 6.07) is 23.3. The van der Waals surface area contributed by atoms with Crippen LogP contribution in [0.5, 0.6) is 0 Å². The number of nitrogens with zero attached hydrogens (tertiary/aromatic N) is 3. The number of carbonyl (C=O) groups is 3. The van der Waals surface area contributed by atoms with Crippen LogP contribution in [-0.2, 0) is 33.8 Å². The van der Waals surface area contributed by atoms with E-state index < -0.39 is 6.04 Å². The fourth-order valence-electron chi connectivity index (χ4n) is 5.32. The van der Waals surface area contributed by atoms with Crippen molar-refractivity contribution < 1.29 is 14.4 Å². The van der Waals surface area contributed by atoms with Crippen LogP contribution < -0.4 is 0 Å². The Bertz CT molecular complexity index is 1200. The zero-order valence-electron chi connectivity index (χ0n) is 23.0. The summed E-state index contributed by atoms with van der Waals surface area (Å²) >= 11 is 1.64. The number of thiophene rings is 1. The van der Waals surface area contributed by atoms with Gasteiger partial charge in [-0.15, -0.1) is 11.3 Å². The van der Waals surface area contributed by atoms with Crippen molar-refractivity contribution in [2.45, 2.75) is 64.6 Å². The van der Waals surface area contributed by atoms with E-state index in [4.69, 9.17) is 0 Å². The number of benzene rings is 2. The van der Waals surface area contributed by atoms with Crippen molar-refractivity contribution in [3.05, 3.63) is 94.2 Å². The van der Waals surface area contributed by atoms with Crippen molar-refractivity contribution in [2.75, 3.05) is 19.6 Å². The molecule has 1 atom stereocenters. The summed E-state index contributed by atoms with van der Waals surface area (Å²) < 4.78 is 0. The highest BCUT2D eigenvalue weighted by molar-refractivity contribution is 7.09. The van der Waals surface area contributed by atoms with E-state index in [0.717, 1.165) is 28.8 Å². The van der Waals surface area contributed by atoms with Gasteiger partial charge in [-0.05, 0) is 48.3 Å². The first kappa shape index (κ1) is 28.6. The van der Waals surface area contributed by atoms with E-state index >= 15 is 0 Å². The van der Waals surface area contributed by atoms with Gasteiger partial charge in [-0.1, -0.05) is 80.6 Å². The number of hydrogen-bond donors (Lipinski definition) is 0. The van der Waals surface area contributed by atoms with E-state index in [1.807, 2.05) is 83.1 Å². The average Bonchev–Trinajstić information content (AvgIpc) is 3.48. The second-order valence-corrected chi connectivity index (χ2v) is 11.1. The molecule has 7 heteroatoms. The topological polar surface area (TPSA) is 60.9 Å². The molecule has 0 spiro atoms. The molecule has 1 saturated heterocycles. The predicted molar refractivity (Wildman–Crippen MR) is 156 cm³/mol. The molecule has 1 aromatic heterocycles. The summed E-state index contributed by atoms with van der Waals surface area (Å²) in [5, 5.41) is 2.02. The first-order valence-electron chi connectivity index (χ1n) is 14.0. The van der Waals surface area contributed by atoms with Crippen molar-refractivity contribution in [2.24, 2.45) is 0 Å². The maximum absolute atomic E-state index is 13.9. The molecule has 4 rings (SSSR count). The molecule has 39 heavy (non-hydrogen) atoms. The second-order valence-electron chi connectivity index (χ2n) is 10.1. The third-order valence-electron chi connectivity index (χ3n) is 7.58. The van der Waals surface area contributed by atoms with Crippen molar-refractivity contribution in [1.29, 1.82) is 0 Å². The van der Waals surface area contributed by atoms with Crippen LogP contribution in [0.4, 0.5) is 0 Å². The highest BCUT2D eigenvalue weighted by Crippen LogP contribution is 2.22. The Morgan fingerprint density at radius 3 is 2.18 bits per heavy atom. The van der Waals surface area contributed by atoms with Crippen LogP contribution in [0.3, 0.4) is 0 Å². The van der Waals surface area contributed by atoms with Crippen molar-refractivity contribution in [3.63, 3.8) is 0 Å². The molecule has 0 N–H and O–H groups in total. The van der Waals surface area contributed by atoms with Crippen LogP contribution in [0, 0.1) is 0 Å². The zero-order chi connectivity index (χ0) is 27.6. The van der Waals surface area contributed by atoms with E-state index in [9.17, 15) is 14.4 Å². The lowest BCUT2D eigenvalue weighted by atomic mass is 10.0. The smallest absolute Gasteiger partial charge is 0.246 e. The quantitative estimate of drug-likeness (QED) is 0.297. The molecule has 0 radical (unpaired) electrons. The third-order valence-corrected chi connectivity index (χ3v) is 8.52. The summed E-state index contributed by atoms with van der Waals surface area (Å²) in [6.07, 6.45) is 3.01. The summed E-state index contributed by atoms with van der Waals surface area (Å²) in [6.45, 7) is 5.62. The summed E-state index contributed by atoms with van der Waals surface area (Å²) in [5.74, 6) is -0.298. The second kappa shape index (κ2) is 14.1. The summed E-state index contributed by atoms with van der Waals surface area (Å²) in [7, 11) is 0. The Kier molecular flexibility index (Phi) is 10.3. The highest BCUT2D eigenvalue weighted by Gasteiger charge is 2.41. The molecule has 2 aromatic carbocycles. The van der Waals surface area contributed by atoms with Crippen molar-refractivity contribution in [3.8, 4) is 0 Å². The molecule has 6 nitrogen and oxygen atoms in total. The van der Waals surface area contributed by atoms with E-state index in [0.29, 0.717) is 32.5 Å². The van der Waals surface area contributed by atoms with E-state index in [1.54, 1.807) is 21.1 Å². The number of piperazine rings is 1.